The zero-order chi connectivity index (χ0) is 21.5. The van der Waals surface area contributed by atoms with Gasteiger partial charge < -0.3 is 15.3 Å². The molecule has 1 amide bonds. The van der Waals surface area contributed by atoms with Gasteiger partial charge in [-0.15, -0.1) is 0 Å². The molecule has 31 heavy (non-hydrogen) atoms. The highest BCUT2D eigenvalue weighted by Crippen LogP contribution is 2.36. The maximum atomic E-state index is 13.9. The van der Waals surface area contributed by atoms with E-state index in [1.807, 2.05) is 13.0 Å². The summed E-state index contributed by atoms with van der Waals surface area (Å²) >= 11 is 0. The topological polar surface area (TPSA) is 95.7 Å². The Balaban J connectivity index is 1.46. The first-order valence-electron chi connectivity index (χ1n) is 10.7. The zero-order valence-corrected chi connectivity index (χ0v) is 17.3. The van der Waals surface area contributed by atoms with Gasteiger partial charge in [0.05, 0.1) is 30.6 Å². The fourth-order valence-corrected chi connectivity index (χ4v) is 4.76. The smallest absolute Gasteiger partial charge is 0.257 e. The van der Waals surface area contributed by atoms with Gasteiger partial charge in [0.15, 0.2) is 5.65 Å². The van der Waals surface area contributed by atoms with E-state index in [0.29, 0.717) is 23.4 Å². The minimum atomic E-state index is -0.511. The summed E-state index contributed by atoms with van der Waals surface area (Å²) < 4.78 is 15.4. The van der Waals surface area contributed by atoms with Crippen molar-refractivity contribution in [3.05, 3.63) is 53.4 Å². The number of fused-ring (bicyclic) bond motifs is 1. The lowest BCUT2D eigenvalue weighted by Crippen LogP contribution is -2.39. The zero-order valence-electron chi connectivity index (χ0n) is 17.3. The molecule has 9 heteroatoms. The molecule has 8 nitrogen and oxygen atoms in total. The van der Waals surface area contributed by atoms with Crippen LogP contribution in [0.1, 0.15) is 59.8 Å². The standard InChI is InChI=1S/C22H25FN6O2/c1-13-15(10-14(23)11-24-13)18-5-3-8-28(18)20-7-9-29-21(27-20)16(12-25-29)22(31)26-17-4-2-6-19(17)30/h7,9-12,17-19,30H,2-6,8H2,1H3,(H,26,31). The van der Waals surface area contributed by atoms with Crippen LogP contribution in [0.25, 0.3) is 5.65 Å². The molecule has 5 rings (SSSR count). The van der Waals surface area contributed by atoms with Gasteiger partial charge in [-0.25, -0.2) is 13.9 Å². The molecule has 2 fully saturated rings. The fourth-order valence-electron chi connectivity index (χ4n) is 4.76. The van der Waals surface area contributed by atoms with E-state index < -0.39 is 6.10 Å². The number of carbonyl (C=O) groups excluding carboxylic acids is 1. The van der Waals surface area contributed by atoms with E-state index in [-0.39, 0.29) is 23.8 Å². The van der Waals surface area contributed by atoms with Crippen LogP contribution in [0, 0.1) is 12.7 Å². The molecule has 1 aliphatic carbocycles. The van der Waals surface area contributed by atoms with Crippen LogP contribution in [0.5, 0.6) is 0 Å². The molecule has 3 aromatic heterocycles. The van der Waals surface area contributed by atoms with Crippen LogP contribution in [0.15, 0.2) is 30.7 Å². The third kappa shape index (κ3) is 3.63. The Labute approximate surface area is 179 Å². The number of hydrogen-bond acceptors (Lipinski definition) is 6. The monoisotopic (exact) mass is 424 g/mol. The average Bonchev–Trinajstić information content (AvgIpc) is 3.49. The molecule has 162 valence electrons. The lowest BCUT2D eigenvalue weighted by atomic mass is 10.0. The fraction of sp³-hybridized carbons (Fsp3) is 0.455. The second-order valence-corrected chi connectivity index (χ2v) is 8.37. The molecule has 4 heterocycles. The van der Waals surface area contributed by atoms with Gasteiger partial charge in [0.2, 0.25) is 0 Å². The van der Waals surface area contributed by atoms with E-state index in [9.17, 15) is 14.3 Å². The summed E-state index contributed by atoms with van der Waals surface area (Å²) in [5.74, 6) is 0.0857. The van der Waals surface area contributed by atoms with Crippen LogP contribution in [0.4, 0.5) is 10.2 Å². The minimum absolute atomic E-state index is 0.0213. The van der Waals surface area contributed by atoms with Gasteiger partial charge in [-0.1, -0.05) is 0 Å². The van der Waals surface area contributed by atoms with Gasteiger partial charge >= 0.3 is 0 Å². The molecule has 3 unspecified atom stereocenters. The lowest BCUT2D eigenvalue weighted by molar-refractivity contribution is 0.0874. The summed E-state index contributed by atoms with van der Waals surface area (Å²) in [5, 5.41) is 17.2. The Bertz CT molecular complexity index is 1130. The van der Waals surface area contributed by atoms with E-state index in [0.717, 1.165) is 43.5 Å². The molecular formula is C22H25FN6O2. The Kier molecular flexibility index (Phi) is 5.05. The number of hydrogen-bond donors (Lipinski definition) is 2. The van der Waals surface area contributed by atoms with E-state index in [1.165, 1.54) is 12.4 Å². The maximum Gasteiger partial charge on any atom is 0.257 e. The molecule has 1 saturated heterocycles. The molecule has 3 aromatic rings. The van der Waals surface area contributed by atoms with Crippen molar-refractivity contribution >= 4 is 17.4 Å². The first-order chi connectivity index (χ1) is 15.0. The predicted molar refractivity (Wildman–Crippen MR) is 112 cm³/mol. The summed E-state index contributed by atoms with van der Waals surface area (Å²) in [6, 6.07) is 3.15. The van der Waals surface area contributed by atoms with Crippen molar-refractivity contribution in [2.45, 2.75) is 57.2 Å². The number of anilines is 1. The van der Waals surface area contributed by atoms with Gasteiger partial charge in [0.25, 0.3) is 5.91 Å². The van der Waals surface area contributed by atoms with E-state index in [2.05, 4.69) is 20.3 Å². The van der Waals surface area contributed by atoms with Crippen molar-refractivity contribution < 1.29 is 14.3 Å². The van der Waals surface area contributed by atoms with Crippen LogP contribution in [-0.4, -0.2) is 49.3 Å². The number of aliphatic hydroxyl groups excluding tert-OH is 1. The molecular weight excluding hydrogens is 399 g/mol. The minimum Gasteiger partial charge on any atom is -0.391 e. The van der Waals surface area contributed by atoms with Crippen LogP contribution >= 0.6 is 0 Å². The van der Waals surface area contributed by atoms with Gasteiger partial charge in [0, 0.05) is 18.4 Å². The SMILES string of the molecule is Cc1ncc(F)cc1C1CCCN1c1ccn2ncc(C(=O)NC3CCCC3O)c2n1. The van der Waals surface area contributed by atoms with Crippen LogP contribution < -0.4 is 10.2 Å². The summed E-state index contributed by atoms with van der Waals surface area (Å²) in [6.07, 6.45) is 8.21. The predicted octanol–water partition coefficient (Wildman–Crippen LogP) is 2.56. The second kappa shape index (κ2) is 7.88. The maximum absolute atomic E-state index is 13.9. The normalized spacial score (nSPS) is 23.6. The molecule has 0 aromatic carbocycles. The van der Waals surface area contributed by atoms with Crippen molar-refractivity contribution in [3.8, 4) is 0 Å². The number of aromatic nitrogens is 4. The van der Waals surface area contributed by atoms with Crippen LogP contribution in [-0.2, 0) is 0 Å². The molecule has 3 atom stereocenters. The van der Waals surface area contributed by atoms with E-state index in [1.54, 1.807) is 16.8 Å². The Morgan fingerprint density at radius 1 is 1.26 bits per heavy atom. The summed E-state index contributed by atoms with van der Waals surface area (Å²) in [7, 11) is 0. The first kappa shape index (κ1) is 19.9. The summed E-state index contributed by atoms with van der Waals surface area (Å²) in [6.45, 7) is 2.67. The van der Waals surface area contributed by atoms with Crippen LogP contribution in [0.2, 0.25) is 0 Å². The van der Waals surface area contributed by atoms with Crippen LogP contribution in [0.3, 0.4) is 0 Å². The highest BCUT2D eigenvalue weighted by Gasteiger charge is 2.31. The van der Waals surface area contributed by atoms with Crippen molar-refractivity contribution in [1.29, 1.82) is 0 Å². The Hall–Kier alpha value is -3.07. The van der Waals surface area contributed by atoms with Gasteiger partial charge in [-0.05, 0) is 56.7 Å². The van der Waals surface area contributed by atoms with Crippen molar-refractivity contribution in [1.82, 2.24) is 24.9 Å². The summed E-state index contributed by atoms with van der Waals surface area (Å²) in [5.41, 5.74) is 2.50. The number of nitrogens with zero attached hydrogens (tertiary/aromatic N) is 5. The molecule has 2 aliphatic rings. The van der Waals surface area contributed by atoms with Crippen molar-refractivity contribution in [2.24, 2.45) is 0 Å². The quantitative estimate of drug-likeness (QED) is 0.668. The summed E-state index contributed by atoms with van der Waals surface area (Å²) in [4.78, 5) is 23.9. The number of amides is 1. The number of halogens is 1. The molecule has 1 saturated carbocycles. The van der Waals surface area contributed by atoms with E-state index in [4.69, 9.17) is 4.98 Å². The Morgan fingerprint density at radius 3 is 2.94 bits per heavy atom. The molecule has 0 spiro atoms. The lowest BCUT2D eigenvalue weighted by Gasteiger charge is -2.27. The van der Waals surface area contributed by atoms with Crippen molar-refractivity contribution in [3.63, 3.8) is 0 Å². The van der Waals surface area contributed by atoms with Crippen molar-refractivity contribution in [2.75, 3.05) is 11.4 Å². The second-order valence-electron chi connectivity index (χ2n) is 8.37. The molecule has 0 radical (unpaired) electrons. The molecule has 1 aliphatic heterocycles. The van der Waals surface area contributed by atoms with Gasteiger partial charge in [-0.3, -0.25) is 9.78 Å². The largest absolute Gasteiger partial charge is 0.391 e. The highest BCUT2D eigenvalue weighted by molar-refractivity contribution is 6.00. The van der Waals surface area contributed by atoms with Gasteiger partial charge in [-0.2, -0.15) is 5.10 Å². The number of nitrogens with one attached hydrogen (secondary N) is 1. The third-order valence-electron chi connectivity index (χ3n) is 6.39. The molecule has 0 bridgehead atoms. The average molecular weight is 424 g/mol. The number of aryl methyl sites for hydroxylation is 1. The third-order valence-corrected chi connectivity index (χ3v) is 6.39. The number of carbonyl (C=O) groups is 1. The molecule has 2 N–H and O–H groups in total. The Morgan fingerprint density at radius 2 is 2.13 bits per heavy atom. The van der Waals surface area contributed by atoms with E-state index >= 15 is 0 Å². The first-order valence-corrected chi connectivity index (χ1v) is 10.7. The number of rotatable bonds is 4. The van der Waals surface area contributed by atoms with Gasteiger partial charge in [0.1, 0.15) is 17.2 Å². The number of pyridine rings is 1. The highest BCUT2D eigenvalue weighted by atomic mass is 19.1. The number of aliphatic hydroxyl groups is 1.